The summed E-state index contributed by atoms with van der Waals surface area (Å²) in [6, 6.07) is 25.1. The highest BCUT2D eigenvalue weighted by Gasteiger charge is 2.15. The van der Waals surface area contributed by atoms with Crippen molar-refractivity contribution in [3.8, 4) is 17.2 Å². The maximum Gasteiger partial charge on any atom is 0.297 e. The van der Waals surface area contributed by atoms with Gasteiger partial charge in [-0.1, -0.05) is 48.0 Å². The van der Waals surface area contributed by atoms with Gasteiger partial charge in [-0.3, -0.25) is 9.48 Å². The Hall–Kier alpha value is -4.06. The smallest absolute Gasteiger partial charge is 0.297 e. The van der Waals surface area contributed by atoms with Crippen LogP contribution in [0.25, 0.3) is 5.69 Å². The molecule has 0 atom stereocenters. The minimum absolute atomic E-state index is 0.164. The summed E-state index contributed by atoms with van der Waals surface area (Å²) in [6.07, 6.45) is 1.68. The van der Waals surface area contributed by atoms with Gasteiger partial charge in [0.2, 0.25) is 0 Å². The van der Waals surface area contributed by atoms with Gasteiger partial charge < -0.3 is 9.47 Å². The van der Waals surface area contributed by atoms with Crippen LogP contribution in [0.2, 0.25) is 0 Å². The third-order valence-corrected chi connectivity index (χ3v) is 5.41. The SMILES string of the molecule is Cc1ccc(OCCOc2ccccc2C=Nc2c(C)n(C)n(-c3ccccc3)c2=O)cc1. The lowest BCUT2D eigenvalue weighted by Gasteiger charge is -2.10. The monoisotopic (exact) mass is 441 g/mol. The van der Waals surface area contributed by atoms with Crippen LogP contribution in [-0.2, 0) is 7.05 Å². The van der Waals surface area contributed by atoms with Crippen LogP contribution in [0.5, 0.6) is 11.5 Å². The Morgan fingerprint density at radius 1 is 0.848 bits per heavy atom. The fourth-order valence-electron chi connectivity index (χ4n) is 3.50. The Kier molecular flexibility index (Phi) is 6.74. The van der Waals surface area contributed by atoms with E-state index in [4.69, 9.17) is 9.47 Å². The van der Waals surface area contributed by atoms with Gasteiger partial charge in [-0.2, -0.15) is 0 Å². The summed E-state index contributed by atoms with van der Waals surface area (Å²) in [5.74, 6) is 1.50. The Balaban J connectivity index is 1.48. The molecule has 0 aliphatic rings. The number of aromatic nitrogens is 2. The average molecular weight is 442 g/mol. The maximum absolute atomic E-state index is 13.1. The van der Waals surface area contributed by atoms with Gasteiger partial charge in [-0.25, -0.2) is 9.67 Å². The molecule has 4 rings (SSSR count). The molecule has 0 saturated heterocycles. The van der Waals surface area contributed by atoms with Gasteiger partial charge in [0.25, 0.3) is 5.56 Å². The highest BCUT2D eigenvalue weighted by atomic mass is 16.5. The molecule has 6 nitrogen and oxygen atoms in total. The van der Waals surface area contributed by atoms with E-state index in [1.807, 2.05) is 104 Å². The quantitative estimate of drug-likeness (QED) is 0.286. The topological polar surface area (TPSA) is 57.8 Å². The fourth-order valence-corrected chi connectivity index (χ4v) is 3.50. The number of benzene rings is 3. The molecule has 0 unspecified atom stereocenters. The molecule has 0 aliphatic carbocycles. The predicted molar refractivity (Wildman–Crippen MR) is 132 cm³/mol. The molecule has 0 radical (unpaired) electrons. The number of nitrogens with zero attached hydrogens (tertiary/aromatic N) is 3. The van der Waals surface area contributed by atoms with E-state index >= 15 is 0 Å². The zero-order chi connectivity index (χ0) is 23.2. The van der Waals surface area contributed by atoms with E-state index in [0.717, 1.165) is 22.7 Å². The number of aryl methyl sites for hydroxylation is 1. The number of hydrogen-bond acceptors (Lipinski definition) is 4. The fraction of sp³-hybridized carbons (Fsp3) is 0.185. The minimum Gasteiger partial charge on any atom is -0.490 e. The number of hydrogen-bond donors (Lipinski definition) is 0. The molecule has 0 spiro atoms. The van der Waals surface area contributed by atoms with Crippen molar-refractivity contribution >= 4 is 11.9 Å². The lowest BCUT2D eigenvalue weighted by atomic mass is 10.2. The van der Waals surface area contributed by atoms with Gasteiger partial charge in [-0.05, 0) is 50.2 Å². The third kappa shape index (κ3) is 5.06. The van der Waals surface area contributed by atoms with E-state index < -0.39 is 0 Å². The molecule has 168 valence electrons. The third-order valence-electron chi connectivity index (χ3n) is 5.41. The van der Waals surface area contributed by atoms with Crippen LogP contribution in [0, 0.1) is 13.8 Å². The first-order chi connectivity index (χ1) is 16.0. The summed E-state index contributed by atoms with van der Waals surface area (Å²) < 4.78 is 15.1. The van der Waals surface area contributed by atoms with Crippen molar-refractivity contribution in [2.24, 2.45) is 12.0 Å². The predicted octanol–water partition coefficient (Wildman–Crippen LogP) is 5.00. The lowest BCUT2D eigenvalue weighted by Crippen LogP contribution is -2.19. The van der Waals surface area contributed by atoms with Crippen LogP contribution in [0.3, 0.4) is 0 Å². The van der Waals surface area contributed by atoms with Crippen LogP contribution in [0.15, 0.2) is 88.6 Å². The molecule has 1 heterocycles. The number of ether oxygens (including phenoxy) is 2. The van der Waals surface area contributed by atoms with Crippen molar-refractivity contribution in [3.63, 3.8) is 0 Å². The number of aliphatic imine (C=N–C) groups is 1. The molecule has 3 aromatic carbocycles. The second-order valence-electron chi connectivity index (χ2n) is 7.72. The standard InChI is InChI=1S/C27H27N3O3/c1-20-13-15-24(16-14-20)32-17-18-33-25-12-8-7-9-22(25)19-28-26-21(2)29(3)30(27(26)31)23-10-5-4-6-11-23/h4-16,19H,17-18H2,1-3H3. The van der Waals surface area contributed by atoms with E-state index in [2.05, 4.69) is 4.99 Å². The molecule has 1 aromatic heterocycles. The minimum atomic E-state index is -0.164. The summed E-state index contributed by atoms with van der Waals surface area (Å²) in [5.41, 5.74) is 3.80. The normalized spacial score (nSPS) is 11.1. The molecule has 33 heavy (non-hydrogen) atoms. The number of para-hydroxylation sites is 2. The van der Waals surface area contributed by atoms with E-state index in [-0.39, 0.29) is 5.56 Å². The van der Waals surface area contributed by atoms with Gasteiger partial charge in [0, 0.05) is 18.8 Å². The van der Waals surface area contributed by atoms with Crippen LogP contribution in [-0.4, -0.2) is 28.8 Å². The van der Waals surface area contributed by atoms with Crippen molar-refractivity contribution in [2.75, 3.05) is 13.2 Å². The van der Waals surface area contributed by atoms with Crippen molar-refractivity contribution in [3.05, 3.63) is 106 Å². The molecule has 0 fully saturated rings. The van der Waals surface area contributed by atoms with Gasteiger partial charge in [0.1, 0.15) is 24.7 Å². The first-order valence-corrected chi connectivity index (χ1v) is 10.8. The van der Waals surface area contributed by atoms with Gasteiger partial charge in [-0.15, -0.1) is 0 Å². The van der Waals surface area contributed by atoms with E-state index in [9.17, 15) is 4.79 Å². The highest BCUT2D eigenvalue weighted by Crippen LogP contribution is 2.20. The van der Waals surface area contributed by atoms with Crippen molar-refractivity contribution < 1.29 is 9.47 Å². The summed E-state index contributed by atoms with van der Waals surface area (Å²) >= 11 is 0. The second kappa shape index (κ2) is 10.0. The second-order valence-corrected chi connectivity index (χ2v) is 7.72. The van der Waals surface area contributed by atoms with Crippen LogP contribution in [0.4, 0.5) is 5.69 Å². The van der Waals surface area contributed by atoms with Crippen molar-refractivity contribution in [1.29, 1.82) is 0 Å². The first kappa shape index (κ1) is 22.1. The first-order valence-electron chi connectivity index (χ1n) is 10.8. The molecular weight excluding hydrogens is 414 g/mol. The van der Waals surface area contributed by atoms with Crippen molar-refractivity contribution in [2.45, 2.75) is 13.8 Å². The average Bonchev–Trinajstić information content (AvgIpc) is 3.05. The molecule has 0 aliphatic heterocycles. The highest BCUT2D eigenvalue weighted by molar-refractivity contribution is 5.85. The molecule has 0 N–H and O–H groups in total. The van der Waals surface area contributed by atoms with E-state index in [1.165, 1.54) is 5.56 Å². The van der Waals surface area contributed by atoms with E-state index in [0.29, 0.717) is 24.7 Å². The maximum atomic E-state index is 13.1. The summed E-state index contributed by atoms with van der Waals surface area (Å²) in [6.45, 7) is 4.75. The van der Waals surface area contributed by atoms with Crippen LogP contribution >= 0.6 is 0 Å². The van der Waals surface area contributed by atoms with Gasteiger partial charge in [0.15, 0.2) is 5.69 Å². The van der Waals surface area contributed by atoms with Gasteiger partial charge >= 0.3 is 0 Å². The Labute approximate surface area is 193 Å². The molecule has 6 heteroatoms. The molecule has 0 amide bonds. The molecule has 0 saturated carbocycles. The van der Waals surface area contributed by atoms with Crippen molar-refractivity contribution in [1.82, 2.24) is 9.36 Å². The zero-order valence-electron chi connectivity index (χ0n) is 19.1. The summed E-state index contributed by atoms with van der Waals surface area (Å²) in [7, 11) is 1.86. The van der Waals surface area contributed by atoms with Gasteiger partial charge in [0.05, 0.1) is 11.4 Å². The number of rotatable bonds is 8. The van der Waals surface area contributed by atoms with Crippen LogP contribution < -0.4 is 15.0 Å². The largest absolute Gasteiger partial charge is 0.490 e. The molecule has 4 aromatic rings. The lowest BCUT2D eigenvalue weighted by molar-refractivity contribution is 0.217. The van der Waals surface area contributed by atoms with Crippen LogP contribution in [0.1, 0.15) is 16.8 Å². The Morgan fingerprint density at radius 2 is 1.52 bits per heavy atom. The summed E-state index contributed by atoms with van der Waals surface area (Å²) in [5, 5.41) is 0. The molecular formula is C27H27N3O3. The Bertz CT molecular complexity index is 1300. The Morgan fingerprint density at radius 3 is 2.27 bits per heavy atom. The summed E-state index contributed by atoms with van der Waals surface area (Å²) in [4.78, 5) is 17.6. The zero-order valence-corrected chi connectivity index (χ0v) is 19.1. The molecule has 0 bridgehead atoms. The van der Waals surface area contributed by atoms with E-state index in [1.54, 1.807) is 10.9 Å².